The molecule has 5 nitrogen and oxygen atoms in total. The van der Waals surface area contributed by atoms with E-state index in [-0.39, 0.29) is 18.0 Å². The zero-order valence-corrected chi connectivity index (χ0v) is 11.9. The standard InChI is InChI=1S/C14H20FN3O2/c1-4-18(3)14(20)9(2)17-8-11-7-10(13(16)19)5-6-12(11)15/h5-7,9,17H,4,8H2,1-3H3,(H2,16,19). The number of hydrogen-bond acceptors (Lipinski definition) is 3. The highest BCUT2D eigenvalue weighted by Gasteiger charge is 2.16. The molecular formula is C14H20FN3O2. The third-order valence-electron chi connectivity index (χ3n) is 3.15. The smallest absolute Gasteiger partial charge is 0.248 e. The molecule has 0 saturated heterocycles. The lowest BCUT2D eigenvalue weighted by Gasteiger charge is -2.20. The van der Waals surface area contributed by atoms with Gasteiger partial charge in [0.05, 0.1) is 6.04 Å². The lowest BCUT2D eigenvalue weighted by molar-refractivity contribution is -0.131. The summed E-state index contributed by atoms with van der Waals surface area (Å²) in [5.41, 5.74) is 5.70. The minimum absolute atomic E-state index is 0.0704. The van der Waals surface area contributed by atoms with Crippen LogP contribution in [0.3, 0.4) is 0 Å². The molecule has 110 valence electrons. The van der Waals surface area contributed by atoms with Crippen LogP contribution in [0.15, 0.2) is 18.2 Å². The molecule has 0 aliphatic heterocycles. The highest BCUT2D eigenvalue weighted by atomic mass is 19.1. The van der Waals surface area contributed by atoms with Gasteiger partial charge in [-0.3, -0.25) is 9.59 Å². The number of likely N-dealkylation sites (N-methyl/N-ethyl adjacent to an activating group) is 1. The van der Waals surface area contributed by atoms with Crippen molar-refractivity contribution in [3.8, 4) is 0 Å². The van der Waals surface area contributed by atoms with Crippen LogP contribution in [0.25, 0.3) is 0 Å². The first-order valence-electron chi connectivity index (χ1n) is 6.43. The predicted octanol–water partition coefficient (Wildman–Crippen LogP) is 0.881. The maximum atomic E-state index is 13.6. The summed E-state index contributed by atoms with van der Waals surface area (Å²) in [6.45, 7) is 4.35. The number of nitrogens with one attached hydrogen (secondary N) is 1. The molecule has 6 heteroatoms. The van der Waals surface area contributed by atoms with Crippen molar-refractivity contribution in [3.05, 3.63) is 35.1 Å². The average molecular weight is 281 g/mol. The predicted molar refractivity (Wildman–Crippen MR) is 74.5 cm³/mol. The van der Waals surface area contributed by atoms with Crippen molar-refractivity contribution in [1.29, 1.82) is 0 Å². The van der Waals surface area contributed by atoms with Gasteiger partial charge in [0.25, 0.3) is 0 Å². The molecule has 2 amide bonds. The molecule has 1 aromatic rings. The van der Waals surface area contributed by atoms with E-state index in [2.05, 4.69) is 5.32 Å². The number of primary amides is 1. The fraction of sp³-hybridized carbons (Fsp3) is 0.429. The minimum Gasteiger partial charge on any atom is -0.366 e. The average Bonchev–Trinajstić information content (AvgIpc) is 2.43. The van der Waals surface area contributed by atoms with Gasteiger partial charge in [0.2, 0.25) is 11.8 Å². The van der Waals surface area contributed by atoms with E-state index in [9.17, 15) is 14.0 Å². The second-order valence-electron chi connectivity index (χ2n) is 4.63. The van der Waals surface area contributed by atoms with Gasteiger partial charge >= 0.3 is 0 Å². The number of nitrogens with two attached hydrogens (primary N) is 1. The molecule has 1 atom stereocenters. The third kappa shape index (κ3) is 4.03. The lowest BCUT2D eigenvalue weighted by Crippen LogP contribution is -2.42. The van der Waals surface area contributed by atoms with Crippen LogP contribution in [0.4, 0.5) is 4.39 Å². The van der Waals surface area contributed by atoms with Gasteiger partial charge in [-0.05, 0) is 32.0 Å². The fourth-order valence-corrected chi connectivity index (χ4v) is 1.70. The van der Waals surface area contributed by atoms with Crippen molar-refractivity contribution in [2.24, 2.45) is 5.73 Å². The minimum atomic E-state index is -0.610. The van der Waals surface area contributed by atoms with E-state index in [4.69, 9.17) is 5.73 Å². The first kappa shape index (κ1) is 16.1. The third-order valence-corrected chi connectivity index (χ3v) is 3.15. The van der Waals surface area contributed by atoms with E-state index < -0.39 is 17.8 Å². The molecule has 1 rings (SSSR count). The molecule has 1 aromatic carbocycles. The Morgan fingerprint density at radius 2 is 2.10 bits per heavy atom. The summed E-state index contributed by atoms with van der Waals surface area (Å²) in [7, 11) is 1.70. The Hall–Kier alpha value is -1.95. The highest BCUT2D eigenvalue weighted by Crippen LogP contribution is 2.10. The van der Waals surface area contributed by atoms with Crippen molar-refractivity contribution in [1.82, 2.24) is 10.2 Å². The summed E-state index contributed by atoms with van der Waals surface area (Å²) in [6, 6.07) is 3.49. The summed E-state index contributed by atoms with van der Waals surface area (Å²) >= 11 is 0. The number of amides is 2. The number of hydrogen-bond donors (Lipinski definition) is 2. The van der Waals surface area contributed by atoms with Crippen LogP contribution < -0.4 is 11.1 Å². The highest BCUT2D eigenvalue weighted by molar-refractivity contribution is 5.92. The summed E-state index contributed by atoms with van der Waals surface area (Å²) < 4.78 is 13.6. The van der Waals surface area contributed by atoms with E-state index in [0.29, 0.717) is 12.1 Å². The van der Waals surface area contributed by atoms with Crippen LogP contribution in [0.2, 0.25) is 0 Å². The van der Waals surface area contributed by atoms with Crippen LogP contribution in [0, 0.1) is 5.82 Å². The van der Waals surface area contributed by atoms with E-state index in [0.717, 1.165) is 0 Å². The van der Waals surface area contributed by atoms with Crippen LogP contribution in [-0.2, 0) is 11.3 Å². The molecule has 0 aliphatic rings. The zero-order chi connectivity index (χ0) is 15.3. The van der Waals surface area contributed by atoms with Gasteiger partial charge in [0.1, 0.15) is 5.82 Å². The first-order valence-corrected chi connectivity index (χ1v) is 6.43. The molecule has 0 heterocycles. The lowest BCUT2D eigenvalue weighted by atomic mass is 10.1. The van der Waals surface area contributed by atoms with Gasteiger partial charge in [-0.15, -0.1) is 0 Å². The molecular weight excluding hydrogens is 261 g/mol. The number of halogens is 1. The molecule has 0 bridgehead atoms. The summed E-state index contributed by atoms with van der Waals surface area (Å²) in [5, 5.41) is 2.94. The molecule has 3 N–H and O–H groups in total. The topological polar surface area (TPSA) is 75.4 Å². The Kier molecular flexibility index (Phi) is 5.64. The summed E-state index contributed by atoms with van der Waals surface area (Å²) in [6.07, 6.45) is 0. The van der Waals surface area contributed by atoms with Crippen molar-refractivity contribution < 1.29 is 14.0 Å². The second kappa shape index (κ2) is 7.00. The van der Waals surface area contributed by atoms with Crippen LogP contribution >= 0.6 is 0 Å². The maximum Gasteiger partial charge on any atom is 0.248 e. The second-order valence-corrected chi connectivity index (χ2v) is 4.63. The Morgan fingerprint density at radius 3 is 2.65 bits per heavy atom. The van der Waals surface area contributed by atoms with Gasteiger partial charge in [0, 0.05) is 31.3 Å². The molecule has 0 saturated carbocycles. The molecule has 0 aromatic heterocycles. The Bertz CT molecular complexity index is 505. The molecule has 0 aliphatic carbocycles. The monoisotopic (exact) mass is 281 g/mol. The molecule has 20 heavy (non-hydrogen) atoms. The van der Waals surface area contributed by atoms with E-state index >= 15 is 0 Å². The normalized spacial score (nSPS) is 12.0. The van der Waals surface area contributed by atoms with Crippen molar-refractivity contribution >= 4 is 11.8 Å². The van der Waals surface area contributed by atoms with E-state index in [1.807, 2.05) is 6.92 Å². The summed E-state index contributed by atoms with van der Waals surface area (Å²) in [5.74, 6) is -1.12. The zero-order valence-electron chi connectivity index (χ0n) is 11.9. The molecule has 0 spiro atoms. The number of nitrogens with zero attached hydrogens (tertiary/aromatic N) is 1. The van der Waals surface area contributed by atoms with Gasteiger partial charge in [-0.25, -0.2) is 4.39 Å². The van der Waals surface area contributed by atoms with E-state index in [1.54, 1.807) is 18.9 Å². The van der Waals surface area contributed by atoms with Crippen LogP contribution in [0.1, 0.15) is 29.8 Å². The number of rotatable bonds is 6. The molecule has 1 unspecified atom stereocenters. The largest absolute Gasteiger partial charge is 0.366 e. The quantitative estimate of drug-likeness (QED) is 0.813. The number of carbonyl (C=O) groups excluding carboxylic acids is 2. The SMILES string of the molecule is CCN(C)C(=O)C(C)NCc1cc(C(N)=O)ccc1F. The van der Waals surface area contributed by atoms with Crippen molar-refractivity contribution in [2.75, 3.05) is 13.6 Å². The van der Waals surface area contributed by atoms with Gasteiger partial charge in [-0.1, -0.05) is 0 Å². The van der Waals surface area contributed by atoms with Gasteiger partial charge in [0.15, 0.2) is 0 Å². The Labute approximate surface area is 117 Å². The number of benzene rings is 1. The van der Waals surface area contributed by atoms with Crippen molar-refractivity contribution in [3.63, 3.8) is 0 Å². The maximum absolute atomic E-state index is 13.6. The van der Waals surface area contributed by atoms with Gasteiger partial charge in [-0.2, -0.15) is 0 Å². The van der Waals surface area contributed by atoms with Gasteiger partial charge < -0.3 is 16.0 Å². The summed E-state index contributed by atoms with van der Waals surface area (Å²) in [4.78, 5) is 24.5. The fourth-order valence-electron chi connectivity index (χ4n) is 1.70. The van der Waals surface area contributed by atoms with Crippen molar-refractivity contribution in [2.45, 2.75) is 26.4 Å². The number of carbonyl (C=O) groups is 2. The van der Waals surface area contributed by atoms with Crippen LogP contribution in [-0.4, -0.2) is 36.3 Å². The molecule has 0 fully saturated rings. The van der Waals surface area contributed by atoms with Crippen LogP contribution in [0.5, 0.6) is 0 Å². The Morgan fingerprint density at radius 1 is 1.45 bits per heavy atom. The molecule has 0 radical (unpaired) electrons. The Balaban J connectivity index is 2.72. The first-order chi connectivity index (χ1) is 9.36. The van der Waals surface area contributed by atoms with E-state index in [1.165, 1.54) is 18.2 Å².